The molecule has 1 aliphatic heterocycles. The Hall–Kier alpha value is -0.980. The third-order valence-corrected chi connectivity index (χ3v) is 3.41. The van der Waals surface area contributed by atoms with Crippen LogP contribution in [0.5, 0.6) is 0 Å². The van der Waals surface area contributed by atoms with Gasteiger partial charge in [-0.1, -0.05) is 5.16 Å². The molecule has 1 saturated heterocycles. The molecule has 1 aromatic rings. The van der Waals surface area contributed by atoms with E-state index in [0.717, 1.165) is 25.9 Å². The monoisotopic (exact) mass is 255 g/mol. The summed E-state index contributed by atoms with van der Waals surface area (Å²) in [7, 11) is 1.63. The van der Waals surface area contributed by atoms with Crippen molar-refractivity contribution in [1.29, 1.82) is 0 Å². The number of aromatic nitrogens is 2. The van der Waals surface area contributed by atoms with Crippen molar-refractivity contribution in [3.8, 4) is 0 Å². The number of rotatable bonds is 5. The van der Waals surface area contributed by atoms with Gasteiger partial charge in [0.05, 0.1) is 12.5 Å². The van der Waals surface area contributed by atoms with Crippen LogP contribution in [0.4, 0.5) is 0 Å². The normalized spacial score (nSPS) is 26.2. The summed E-state index contributed by atoms with van der Waals surface area (Å²) in [5.41, 5.74) is 5.16. The summed E-state index contributed by atoms with van der Waals surface area (Å²) in [4.78, 5) is 4.40. The maximum Gasteiger partial charge on any atom is 0.229 e. The van der Waals surface area contributed by atoms with Gasteiger partial charge in [-0.3, -0.25) is 0 Å². The molecule has 0 aliphatic carbocycles. The topological polar surface area (TPSA) is 83.4 Å². The van der Waals surface area contributed by atoms with E-state index < -0.39 is 5.60 Å². The molecule has 2 rings (SSSR count). The Morgan fingerprint density at radius 3 is 2.94 bits per heavy atom. The molecule has 18 heavy (non-hydrogen) atoms. The Labute approximate surface area is 107 Å². The van der Waals surface area contributed by atoms with Gasteiger partial charge in [-0.2, -0.15) is 4.98 Å². The quantitative estimate of drug-likeness (QED) is 0.845. The molecular weight excluding hydrogens is 234 g/mol. The molecule has 1 fully saturated rings. The number of nitrogens with two attached hydrogens (primary N) is 1. The van der Waals surface area contributed by atoms with Gasteiger partial charge in [0.2, 0.25) is 11.7 Å². The van der Waals surface area contributed by atoms with E-state index in [1.807, 2.05) is 6.92 Å². The van der Waals surface area contributed by atoms with Crippen LogP contribution in [0.3, 0.4) is 0 Å². The van der Waals surface area contributed by atoms with Crippen molar-refractivity contribution in [1.82, 2.24) is 10.1 Å². The zero-order valence-electron chi connectivity index (χ0n) is 11.0. The highest BCUT2D eigenvalue weighted by Gasteiger charge is 2.35. The van der Waals surface area contributed by atoms with Crippen LogP contribution in [0.15, 0.2) is 4.52 Å². The highest BCUT2D eigenvalue weighted by atomic mass is 16.5. The first kappa shape index (κ1) is 13.5. The minimum absolute atomic E-state index is 0.0848. The third-order valence-electron chi connectivity index (χ3n) is 3.41. The number of ether oxygens (including phenoxy) is 2. The Morgan fingerprint density at radius 2 is 2.33 bits per heavy atom. The zero-order chi connectivity index (χ0) is 13.0. The molecule has 2 unspecified atom stereocenters. The summed E-state index contributed by atoms with van der Waals surface area (Å²) >= 11 is 0. The predicted octanol–water partition coefficient (Wildman–Crippen LogP) is 1.00. The maximum absolute atomic E-state index is 5.78. The highest BCUT2D eigenvalue weighted by Crippen LogP contribution is 2.32. The average Bonchev–Trinajstić information content (AvgIpc) is 2.86. The van der Waals surface area contributed by atoms with Crippen LogP contribution in [-0.2, 0) is 21.5 Å². The highest BCUT2D eigenvalue weighted by molar-refractivity contribution is 5.01. The minimum Gasteiger partial charge on any atom is -0.380 e. The van der Waals surface area contributed by atoms with Gasteiger partial charge in [0, 0.05) is 20.3 Å². The van der Waals surface area contributed by atoms with Crippen molar-refractivity contribution in [2.24, 2.45) is 5.73 Å². The van der Waals surface area contributed by atoms with Crippen molar-refractivity contribution < 1.29 is 14.0 Å². The second-order valence-electron chi connectivity index (χ2n) is 4.85. The van der Waals surface area contributed by atoms with Crippen LogP contribution in [0.1, 0.15) is 37.9 Å². The van der Waals surface area contributed by atoms with Crippen molar-refractivity contribution in [2.45, 2.75) is 44.3 Å². The molecule has 102 valence electrons. The molecule has 1 aliphatic rings. The maximum atomic E-state index is 5.78. The Morgan fingerprint density at radius 1 is 1.50 bits per heavy atom. The first-order valence-corrected chi connectivity index (χ1v) is 6.38. The van der Waals surface area contributed by atoms with Gasteiger partial charge in [0.15, 0.2) is 0 Å². The van der Waals surface area contributed by atoms with Gasteiger partial charge in [-0.25, -0.2) is 0 Å². The van der Waals surface area contributed by atoms with E-state index >= 15 is 0 Å². The molecule has 2 N–H and O–H groups in total. The lowest BCUT2D eigenvalue weighted by atomic mass is 9.95. The molecular formula is C12H21N3O3. The van der Waals surface area contributed by atoms with E-state index in [9.17, 15) is 0 Å². The molecule has 1 aromatic heterocycles. The van der Waals surface area contributed by atoms with E-state index in [1.165, 1.54) is 0 Å². The lowest BCUT2D eigenvalue weighted by molar-refractivity contribution is -0.0770. The summed E-state index contributed by atoms with van der Waals surface area (Å²) in [6.07, 6.45) is 3.61. The summed E-state index contributed by atoms with van der Waals surface area (Å²) in [5, 5.41) is 4.03. The number of nitrogens with zero attached hydrogens (tertiary/aromatic N) is 2. The summed E-state index contributed by atoms with van der Waals surface area (Å²) in [6.45, 7) is 3.20. The first-order chi connectivity index (χ1) is 8.68. The molecule has 2 atom stereocenters. The molecule has 0 amide bonds. The van der Waals surface area contributed by atoms with E-state index in [4.69, 9.17) is 19.7 Å². The smallest absolute Gasteiger partial charge is 0.229 e. The Kier molecular flexibility index (Phi) is 4.31. The molecule has 0 saturated carbocycles. The first-order valence-electron chi connectivity index (χ1n) is 6.38. The Balaban J connectivity index is 2.05. The summed E-state index contributed by atoms with van der Waals surface area (Å²) in [6, 6.07) is 0. The second kappa shape index (κ2) is 5.77. The molecule has 6 nitrogen and oxygen atoms in total. The Bertz CT molecular complexity index is 370. The fraction of sp³-hybridized carbons (Fsp3) is 0.833. The number of hydrogen-bond donors (Lipinski definition) is 1. The zero-order valence-corrected chi connectivity index (χ0v) is 11.0. The predicted molar refractivity (Wildman–Crippen MR) is 65.0 cm³/mol. The number of methoxy groups -OCH3 is 1. The van der Waals surface area contributed by atoms with Gasteiger partial charge < -0.3 is 19.7 Å². The largest absolute Gasteiger partial charge is 0.380 e. The molecule has 0 spiro atoms. The van der Waals surface area contributed by atoms with Crippen LogP contribution in [0.25, 0.3) is 0 Å². The fourth-order valence-electron chi connectivity index (χ4n) is 2.12. The van der Waals surface area contributed by atoms with Gasteiger partial charge >= 0.3 is 0 Å². The summed E-state index contributed by atoms with van der Waals surface area (Å²) < 4.78 is 16.2. The van der Waals surface area contributed by atoms with E-state index in [0.29, 0.717) is 24.7 Å². The van der Waals surface area contributed by atoms with Crippen molar-refractivity contribution in [3.63, 3.8) is 0 Å². The standard InChI is InChI=1S/C12H21N3O3/c1-12(5-3-4-6-17-12)11-14-10(18-15-11)7-9(8-13)16-2/h9H,3-8,13H2,1-2H3. The van der Waals surface area contributed by atoms with E-state index in [1.54, 1.807) is 7.11 Å². The van der Waals surface area contributed by atoms with E-state index in [-0.39, 0.29) is 6.10 Å². The van der Waals surface area contributed by atoms with Crippen LogP contribution in [-0.4, -0.2) is 36.5 Å². The lowest BCUT2D eigenvalue weighted by Crippen LogP contribution is -2.31. The summed E-state index contributed by atoms with van der Waals surface area (Å²) in [5.74, 6) is 1.18. The van der Waals surface area contributed by atoms with Crippen LogP contribution >= 0.6 is 0 Å². The van der Waals surface area contributed by atoms with Crippen LogP contribution in [0, 0.1) is 0 Å². The molecule has 0 aromatic carbocycles. The van der Waals surface area contributed by atoms with Gasteiger partial charge in [0.25, 0.3) is 0 Å². The SMILES string of the molecule is COC(CN)Cc1nc(C2(C)CCCCO2)no1. The van der Waals surface area contributed by atoms with Crippen molar-refractivity contribution in [2.75, 3.05) is 20.3 Å². The second-order valence-corrected chi connectivity index (χ2v) is 4.85. The molecule has 0 radical (unpaired) electrons. The van der Waals surface area contributed by atoms with Crippen molar-refractivity contribution >= 4 is 0 Å². The van der Waals surface area contributed by atoms with Gasteiger partial charge in [-0.15, -0.1) is 0 Å². The molecule has 0 bridgehead atoms. The lowest BCUT2D eigenvalue weighted by Gasteiger charge is -2.30. The van der Waals surface area contributed by atoms with E-state index in [2.05, 4.69) is 10.1 Å². The minimum atomic E-state index is -0.411. The van der Waals surface area contributed by atoms with Crippen molar-refractivity contribution in [3.05, 3.63) is 11.7 Å². The molecule has 2 heterocycles. The van der Waals surface area contributed by atoms with Crippen LogP contribution in [0.2, 0.25) is 0 Å². The average molecular weight is 255 g/mol. The van der Waals surface area contributed by atoms with Gasteiger partial charge in [0.1, 0.15) is 5.60 Å². The van der Waals surface area contributed by atoms with Crippen LogP contribution < -0.4 is 5.73 Å². The number of hydrogen-bond acceptors (Lipinski definition) is 6. The van der Waals surface area contributed by atoms with Gasteiger partial charge in [-0.05, 0) is 26.2 Å². The fourth-order valence-corrected chi connectivity index (χ4v) is 2.12. The molecule has 6 heteroatoms. The third kappa shape index (κ3) is 2.88.